The standard InChI is InChI=1S/C18H30O2S2/c1-17(2,3)14-21-13-9-12-18(4,5)15-22(19,20)16-10-7-6-8-11-16/h6-8,10-11H,9,12-15H2,1-5H3. The Bertz CT molecular complexity index is 540. The first-order valence-electron chi connectivity index (χ1n) is 7.87. The summed E-state index contributed by atoms with van der Waals surface area (Å²) in [5.41, 5.74) is 0.174. The fourth-order valence-corrected chi connectivity index (χ4v) is 5.35. The summed E-state index contributed by atoms with van der Waals surface area (Å²) in [7, 11) is -3.19. The SMILES string of the molecule is CC(C)(C)CSCCCC(C)(C)CS(=O)(=O)c1ccccc1. The average Bonchev–Trinajstić information content (AvgIpc) is 2.36. The van der Waals surface area contributed by atoms with Gasteiger partial charge in [0.2, 0.25) is 0 Å². The molecule has 0 atom stereocenters. The van der Waals surface area contributed by atoms with E-state index in [1.807, 2.05) is 17.8 Å². The summed E-state index contributed by atoms with van der Waals surface area (Å²) in [6.45, 7) is 10.9. The molecule has 0 aliphatic heterocycles. The highest BCUT2D eigenvalue weighted by molar-refractivity contribution is 7.99. The van der Waals surface area contributed by atoms with Gasteiger partial charge in [-0.25, -0.2) is 8.42 Å². The Kier molecular flexibility index (Phi) is 7.00. The normalized spacial score (nSPS) is 13.3. The molecule has 0 unspecified atom stereocenters. The van der Waals surface area contributed by atoms with Gasteiger partial charge in [0.15, 0.2) is 9.84 Å². The van der Waals surface area contributed by atoms with Gasteiger partial charge in [-0.05, 0) is 47.3 Å². The third-order valence-corrected chi connectivity index (χ3v) is 7.16. The molecule has 0 saturated carbocycles. The van der Waals surface area contributed by atoms with Crippen LogP contribution in [-0.4, -0.2) is 25.7 Å². The molecule has 0 amide bonds. The van der Waals surface area contributed by atoms with Gasteiger partial charge in [0.1, 0.15) is 0 Å². The maximum absolute atomic E-state index is 12.5. The highest BCUT2D eigenvalue weighted by Gasteiger charge is 2.27. The van der Waals surface area contributed by atoms with Crippen molar-refractivity contribution in [2.24, 2.45) is 10.8 Å². The second kappa shape index (κ2) is 7.87. The van der Waals surface area contributed by atoms with Gasteiger partial charge in [-0.1, -0.05) is 52.8 Å². The summed E-state index contributed by atoms with van der Waals surface area (Å²) in [6.07, 6.45) is 2.01. The van der Waals surface area contributed by atoms with Crippen molar-refractivity contribution >= 4 is 21.6 Å². The molecule has 4 heteroatoms. The van der Waals surface area contributed by atoms with Gasteiger partial charge < -0.3 is 0 Å². The Hall–Kier alpha value is -0.480. The van der Waals surface area contributed by atoms with Crippen molar-refractivity contribution in [3.63, 3.8) is 0 Å². The number of hydrogen-bond donors (Lipinski definition) is 0. The zero-order valence-electron chi connectivity index (χ0n) is 14.6. The summed E-state index contributed by atoms with van der Waals surface area (Å²) >= 11 is 1.97. The number of hydrogen-bond acceptors (Lipinski definition) is 3. The number of sulfone groups is 1. The van der Waals surface area contributed by atoms with E-state index in [1.54, 1.807) is 24.3 Å². The molecule has 0 fully saturated rings. The maximum atomic E-state index is 12.5. The lowest BCUT2D eigenvalue weighted by Gasteiger charge is -2.24. The van der Waals surface area contributed by atoms with Gasteiger partial charge in [0.25, 0.3) is 0 Å². The van der Waals surface area contributed by atoms with Crippen LogP contribution in [0.15, 0.2) is 35.2 Å². The summed E-state index contributed by atoms with van der Waals surface area (Å²) < 4.78 is 24.9. The Morgan fingerprint density at radius 1 is 1.00 bits per heavy atom. The van der Waals surface area contributed by atoms with Crippen molar-refractivity contribution in [2.75, 3.05) is 17.3 Å². The molecule has 0 N–H and O–H groups in total. The van der Waals surface area contributed by atoms with Gasteiger partial charge in [-0.2, -0.15) is 11.8 Å². The van der Waals surface area contributed by atoms with Crippen LogP contribution in [0, 0.1) is 10.8 Å². The smallest absolute Gasteiger partial charge is 0.178 e. The van der Waals surface area contributed by atoms with Crippen molar-refractivity contribution in [2.45, 2.75) is 52.4 Å². The van der Waals surface area contributed by atoms with Gasteiger partial charge in [-0.15, -0.1) is 0 Å². The first-order chi connectivity index (χ1) is 10.0. The molecule has 126 valence electrons. The molecule has 1 aromatic rings. The molecule has 22 heavy (non-hydrogen) atoms. The maximum Gasteiger partial charge on any atom is 0.178 e. The van der Waals surface area contributed by atoms with Crippen LogP contribution in [0.25, 0.3) is 0 Å². The van der Waals surface area contributed by atoms with Crippen molar-refractivity contribution in [3.05, 3.63) is 30.3 Å². The number of rotatable bonds is 8. The van der Waals surface area contributed by atoms with Crippen LogP contribution in [-0.2, 0) is 9.84 Å². The molecule has 1 rings (SSSR count). The molecule has 0 saturated heterocycles. The zero-order chi connectivity index (χ0) is 16.9. The molecular formula is C18H30O2S2. The molecule has 0 aromatic heterocycles. The second-order valence-electron chi connectivity index (χ2n) is 7.95. The summed E-state index contributed by atoms with van der Waals surface area (Å²) in [5, 5.41) is 0. The molecule has 1 aromatic carbocycles. The first kappa shape index (κ1) is 19.6. The van der Waals surface area contributed by atoms with E-state index in [9.17, 15) is 8.42 Å². The van der Waals surface area contributed by atoms with E-state index in [1.165, 1.54) is 0 Å². The molecule has 0 spiro atoms. The van der Waals surface area contributed by atoms with E-state index in [4.69, 9.17) is 0 Å². The highest BCUT2D eigenvalue weighted by Crippen LogP contribution is 2.29. The second-order valence-corrected chi connectivity index (χ2v) is 11.0. The van der Waals surface area contributed by atoms with Gasteiger partial charge in [0, 0.05) is 0 Å². The predicted molar refractivity (Wildman–Crippen MR) is 98.3 cm³/mol. The molecular weight excluding hydrogens is 312 g/mol. The Morgan fingerprint density at radius 3 is 2.14 bits per heavy atom. The Morgan fingerprint density at radius 2 is 1.59 bits per heavy atom. The predicted octanol–water partition coefficient (Wildman–Crippen LogP) is 5.05. The Labute approximate surface area is 141 Å². The topological polar surface area (TPSA) is 34.1 Å². The molecule has 2 nitrogen and oxygen atoms in total. The third-order valence-electron chi connectivity index (χ3n) is 3.36. The van der Waals surface area contributed by atoms with Crippen LogP contribution < -0.4 is 0 Å². The largest absolute Gasteiger partial charge is 0.224 e. The fourth-order valence-electron chi connectivity index (χ4n) is 2.33. The Balaban J connectivity index is 2.47. The average molecular weight is 343 g/mol. The summed E-state index contributed by atoms with van der Waals surface area (Å²) in [4.78, 5) is 0.435. The molecule has 0 radical (unpaired) electrons. The zero-order valence-corrected chi connectivity index (χ0v) is 16.2. The van der Waals surface area contributed by atoms with Crippen molar-refractivity contribution in [1.29, 1.82) is 0 Å². The van der Waals surface area contributed by atoms with E-state index in [0.717, 1.165) is 24.3 Å². The lowest BCUT2D eigenvalue weighted by Crippen LogP contribution is -2.24. The lowest BCUT2D eigenvalue weighted by molar-refractivity contribution is 0.374. The minimum absolute atomic E-state index is 0.184. The summed E-state index contributed by atoms with van der Waals surface area (Å²) in [5.74, 6) is 2.47. The van der Waals surface area contributed by atoms with Crippen LogP contribution in [0.5, 0.6) is 0 Å². The fraction of sp³-hybridized carbons (Fsp3) is 0.667. The van der Waals surface area contributed by atoms with Gasteiger partial charge in [-0.3, -0.25) is 0 Å². The monoisotopic (exact) mass is 342 g/mol. The third kappa shape index (κ3) is 7.68. The minimum atomic E-state index is -3.19. The highest BCUT2D eigenvalue weighted by atomic mass is 32.2. The van der Waals surface area contributed by atoms with Crippen molar-refractivity contribution in [3.8, 4) is 0 Å². The van der Waals surface area contributed by atoms with Crippen LogP contribution in [0.1, 0.15) is 47.5 Å². The van der Waals surface area contributed by atoms with Gasteiger partial charge >= 0.3 is 0 Å². The van der Waals surface area contributed by atoms with E-state index >= 15 is 0 Å². The minimum Gasteiger partial charge on any atom is -0.224 e. The van der Waals surface area contributed by atoms with Crippen LogP contribution in [0.4, 0.5) is 0 Å². The molecule has 0 bridgehead atoms. The van der Waals surface area contributed by atoms with Crippen molar-refractivity contribution < 1.29 is 8.42 Å². The van der Waals surface area contributed by atoms with E-state index < -0.39 is 9.84 Å². The van der Waals surface area contributed by atoms with Crippen LogP contribution in [0.3, 0.4) is 0 Å². The van der Waals surface area contributed by atoms with E-state index in [-0.39, 0.29) is 11.2 Å². The lowest BCUT2D eigenvalue weighted by atomic mass is 9.91. The van der Waals surface area contributed by atoms with Gasteiger partial charge in [0.05, 0.1) is 10.6 Å². The number of benzene rings is 1. The van der Waals surface area contributed by atoms with Crippen LogP contribution in [0.2, 0.25) is 0 Å². The molecule has 0 heterocycles. The molecule has 0 aliphatic rings. The summed E-state index contributed by atoms with van der Waals surface area (Å²) in [6, 6.07) is 8.78. The quantitative estimate of drug-likeness (QED) is 0.620. The van der Waals surface area contributed by atoms with E-state index in [2.05, 4.69) is 34.6 Å². The van der Waals surface area contributed by atoms with Crippen molar-refractivity contribution in [1.82, 2.24) is 0 Å². The van der Waals surface area contributed by atoms with Crippen LogP contribution >= 0.6 is 11.8 Å². The van der Waals surface area contributed by atoms with E-state index in [0.29, 0.717) is 10.3 Å². The number of thioether (sulfide) groups is 1. The first-order valence-corrected chi connectivity index (χ1v) is 10.7. The molecule has 0 aliphatic carbocycles.